The fourth-order valence-corrected chi connectivity index (χ4v) is 2.26. The molecule has 0 unspecified atom stereocenters. The Balaban J connectivity index is 2.13. The highest BCUT2D eigenvalue weighted by molar-refractivity contribution is 6.37. The van der Waals surface area contributed by atoms with E-state index in [9.17, 15) is 9.59 Å². The lowest BCUT2D eigenvalue weighted by Crippen LogP contribution is -2.44. The summed E-state index contributed by atoms with van der Waals surface area (Å²) in [5.74, 6) is -0.601. The van der Waals surface area contributed by atoms with Crippen LogP contribution in [0.4, 0.5) is 0 Å². The zero-order chi connectivity index (χ0) is 14.0. The zero-order valence-electron chi connectivity index (χ0n) is 11.9. The number of Topliss-reactive ketones (excluding diaryl/α,β-unsaturated/α-hetero) is 1. The first-order valence-electron chi connectivity index (χ1n) is 6.86. The van der Waals surface area contributed by atoms with Crippen LogP contribution in [0.25, 0.3) is 0 Å². The van der Waals surface area contributed by atoms with E-state index < -0.39 is 5.41 Å². The number of carbonyl (C=O) groups excluding carboxylic acids is 2. The van der Waals surface area contributed by atoms with Gasteiger partial charge in [0.2, 0.25) is 5.78 Å². The van der Waals surface area contributed by atoms with Crippen molar-refractivity contribution in [3.05, 3.63) is 35.4 Å². The van der Waals surface area contributed by atoms with Gasteiger partial charge in [-0.2, -0.15) is 0 Å². The highest BCUT2D eigenvalue weighted by Gasteiger charge is 2.35. The number of nitrogens with zero attached hydrogens (tertiary/aromatic N) is 1. The molecule has 0 spiro atoms. The minimum Gasteiger partial charge on any atom is -0.331 e. The number of hydrogen-bond donors (Lipinski definition) is 0. The Labute approximate surface area is 114 Å². The van der Waals surface area contributed by atoms with Crippen LogP contribution in [0.15, 0.2) is 24.3 Å². The second-order valence-electron chi connectivity index (χ2n) is 5.81. The Hall–Kier alpha value is -1.64. The van der Waals surface area contributed by atoms with E-state index >= 15 is 0 Å². The molecule has 0 aromatic heterocycles. The second kappa shape index (κ2) is 5.16. The number of fused-ring (bicyclic) bond motifs is 1. The predicted octanol–water partition coefficient (Wildman–Crippen LogP) is 2.58. The van der Waals surface area contributed by atoms with Crippen LogP contribution >= 0.6 is 0 Å². The van der Waals surface area contributed by atoms with Gasteiger partial charge in [0.25, 0.3) is 5.91 Å². The Bertz CT molecular complexity index is 505. The number of amides is 1. The van der Waals surface area contributed by atoms with Crippen molar-refractivity contribution in [3.8, 4) is 0 Å². The van der Waals surface area contributed by atoms with Crippen molar-refractivity contribution >= 4 is 11.7 Å². The number of hydrogen-bond acceptors (Lipinski definition) is 2. The average molecular weight is 259 g/mol. The van der Waals surface area contributed by atoms with E-state index in [0.29, 0.717) is 19.5 Å². The normalized spacial score (nSPS) is 15.0. The van der Waals surface area contributed by atoms with E-state index in [2.05, 4.69) is 6.07 Å². The quantitative estimate of drug-likeness (QED) is 0.782. The van der Waals surface area contributed by atoms with Crippen molar-refractivity contribution in [2.24, 2.45) is 5.41 Å². The van der Waals surface area contributed by atoms with Gasteiger partial charge in [-0.1, -0.05) is 45.0 Å². The fraction of sp³-hybridized carbons (Fsp3) is 0.500. The third kappa shape index (κ3) is 2.70. The summed E-state index contributed by atoms with van der Waals surface area (Å²) in [6.07, 6.45) is 1.52. The summed E-state index contributed by atoms with van der Waals surface area (Å²) >= 11 is 0. The maximum atomic E-state index is 12.3. The minimum atomic E-state index is -0.561. The Morgan fingerprint density at radius 1 is 1.21 bits per heavy atom. The van der Waals surface area contributed by atoms with E-state index in [0.717, 1.165) is 12.0 Å². The molecule has 1 aromatic carbocycles. The molecule has 1 amide bonds. The molecule has 0 fully saturated rings. The van der Waals surface area contributed by atoms with Crippen molar-refractivity contribution in [3.63, 3.8) is 0 Å². The van der Waals surface area contributed by atoms with Crippen molar-refractivity contribution in [2.45, 2.75) is 40.2 Å². The summed E-state index contributed by atoms with van der Waals surface area (Å²) in [6, 6.07) is 8.12. The number of carbonyl (C=O) groups is 2. The van der Waals surface area contributed by atoms with Gasteiger partial charge in [0, 0.05) is 18.5 Å². The number of rotatable bonds is 3. The third-order valence-electron chi connectivity index (χ3n) is 4.11. The van der Waals surface area contributed by atoms with Gasteiger partial charge in [-0.25, -0.2) is 0 Å². The van der Waals surface area contributed by atoms with Gasteiger partial charge < -0.3 is 4.90 Å². The first-order chi connectivity index (χ1) is 8.95. The molecule has 1 aromatic rings. The van der Waals surface area contributed by atoms with Crippen LogP contribution in [0, 0.1) is 5.41 Å². The molecular weight excluding hydrogens is 238 g/mol. The second-order valence-corrected chi connectivity index (χ2v) is 5.81. The fourth-order valence-electron chi connectivity index (χ4n) is 2.26. The van der Waals surface area contributed by atoms with Gasteiger partial charge >= 0.3 is 0 Å². The molecule has 0 saturated heterocycles. The van der Waals surface area contributed by atoms with E-state index in [1.807, 2.05) is 39.0 Å². The Morgan fingerprint density at radius 2 is 1.84 bits per heavy atom. The molecular formula is C16H21NO2. The SMILES string of the molecule is CCC(C)(C)C(=O)C(=O)N1CCc2ccccc2C1. The minimum absolute atomic E-state index is 0.269. The Morgan fingerprint density at radius 3 is 2.47 bits per heavy atom. The third-order valence-corrected chi connectivity index (χ3v) is 4.11. The molecule has 2 rings (SSSR count). The number of ketones is 1. The van der Waals surface area contributed by atoms with Crippen molar-refractivity contribution in [2.75, 3.05) is 6.54 Å². The molecule has 1 heterocycles. The summed E-state index contributed by atoms with van der Waals surface area (Å²) in [7, 11) is 0. The maximum Gasteiger partial charge on any atom is 0.290 e. The van der Waals surface area contributed by atoms with Gasteiger partial charge in [-0.15, -0.1) is 0 Å². The standard InChI is InChI=1S/C16H21NO2/c1-4-16(2,3)14(18)15(19)17-10-9-12-7-5-6-8-13(12)11-17/h5-8H,4,9-11H2,1-3H3. The van der Waals surface area contributed by atoms with Crippen LogP contribution in [-0.2, 0) is 22.6 Å². The first-order valence-corrected chi connectivity index (χ1v) is 6.86. The summed E-state index contributed by atoms with van der Waals surface area (Å²) < 4.78 is 0. The highest BCUT2D eigenvalue weighted by atomic mass is 16.2. The average Bonchev–Trinajstić information content (AvgIpc) is 2.45. The smallest absolute Gasteiger partial charge is 0.290 e. The van der Waals surface area contributed by atoms with Crippen LogP contribution in [0.5, 0.6) is 0 Å². The summed E-state index contributed by atoms with van der Waals surface area (Å²) in [6.45, 7) is 6.81. The summed E-state index contributed by atoms with van der Waals surface area (Å²) in [5, 5.41) is 0. The van der Waals surface area contributed by atoms with E-state index in [1.54, 1.807) is 4.90 Å². The van der Waals surface area contributed by atoms with E-state index in [1.165, 1.54) is 5.56 Å². The largest absolute Gasteiger partial charge is 0.331 e. The number of benzene rings is 1. The molecule has 0 atom stereocenters. The molecule has 0 aliphatic carbocycles. The lowest BCUT2D eigenvalue weighted by Gasteiger charge is -2.31. The predicted molar refractivity (Wildman–Crippen MR) is 74.6 cm³/mol. The molecule has 0 saturated carbocycles. The molecule has 0 N–H and O–H groups in total. The van der Waals surface area contributed by atoms with E-state index in [-0.39, 0.29) is 11.7 Å². The van der Waals surface area contributed by atoms with Crippen molar-refractivity contribution in [1.82, 2.24) is 4.90 Å². The van der Waals surface area contributed by atoms with Crippen LogP contribution < -0.4 is 0 Å². The van der Waals surface area contributed by atoms with Gasteiger partial charge in [0.05, 0.1) is 0 Å². The molecule has 1 aliphatic rings. The molecule has 1 aliphatic heterocycles. The maximum absolute atomic E-state index is 12.3. The summed E-state index contributed by atoms with van der Waals surface area (Å²) in [5.41, 5.74) is 1.88. The molecule has 102 valence electrons. The molecule has 3 heteroatoms. The van der Waals surface area contributed by atoms with Gasteiger partial charge in [0.1, 0.15) is 0 Å². The summed E-state index contributed by atoms with van der Waals surface area (Å²) in [4.78, 5) is 26.2. The van der Waals surface area contributed by atoms with Gasteiger partial charge in [-0.3, -0.25) is 9.59 Å². The first kappa shape index (κ1) is 13.8. The topological polar surface area (TPSA) is 37.4 Å². The molecule has 0 radical (unpaired) electrons. The van der Waals surface area contributed by atoms with Crippen LogP contribution in [0.1, 0.15) is 38.3 Å². The molecule has 0 bridgehead atoms. The molecule has 19 heavy (non-hydrogen) atoms. The van der Waals surface area contributed by atoms with Gasteiger partial charge in [-0.05, 0) is 24.0 Å². The monoisotopic (exact) mass is 259 g/mol. The highest BCUT2D eigenvalue weighted by Crippen LogP contribution is 2.24. The Kier molecular flexibility index (Phi) is 3.74. The van der Waals surface area contributed by atoms with E-state index in [4.69, 9.17) is 0 Å². The zero-order valence-corrected chi connectivity index (χ0v) is 11.9. The van der Waals surface area contributed by atoms with Crippen LogP contribution in [0.3, 0.4) is 0 Å². The lowest BCUT2D eigenvalue weighted by molar-refractivity contribution is -0.149. The lowest BCUT2D eigenvalue weighted by atomic mass is 9.84. The van der Waals surface area contributed by atoms with Crippen molar-refractivity contribution in [1.29, 1.82) is 0 Å². The van der Waals surface area contributed by atoms with Crippen LogP contribution in [0.2, 0.25) is 0 Å². The van der Waals surface area contributed by atoms with Crippen molar-refractivity contribution < 1.29 is 9.59 Å². The molecule has 3 nitrogen and oxygen atoms in total. The van der Waals surface area contributed by atoms with Gasteiger partial charge in [0.15, 0.2) is 0 Å². The van der Waals surface area contributed by atoms with Crippen LogP contribution in [-0.4, -0.2) is 23.1 Å².